The third-order valence-electron chi connectivity index (χ3n) is 2.56. The molecule has 1 rings (SSSR count). The number of nitrogens with zero attached hydrogens (tertiary/aromatic N) is 3. The Balaban J connectivity index is 2.62. The van der Waals surface area contributed by atoms with Gasteiger partial charge >= 0.3 is 0 Å². The molecular formula is C10H18ClN3O2S. The van der Waals surface area contributed by atoms with Crippen LogP contribution in [-0.4, -0.2) is 42.0 Å². The third kappa shape index (κ3) is 3.69. The Bertz CT molecular complexity index is 444. The topological polar surface area (TPSA) is 55.2 Å². The summed E-state index contributed by atoms with van der Waals surface area (Å²) >= 11 is 5.57. The van der Waals surface area contributed by atoms with E-state index in [9.17, 15) is 8.42 Å². The second-order valence-corrected chi connectivity index (χ2v) is 6.24. The van der Waals surface area contributed by atoms with Crippen LogP contribution in [0.2, 0.25) is 0 Å². The van der Waals surface area contributed by atoms with E-state index in [2.05, 4.69) is 5.10 Å². The van der Waals surface area contributed by atoms with Crippen molar-refractivity contribution in [3.05, 3.63) is 12.3 Å². The van der Waals surface area contributed by atoms with Crippen molar-refractivity contribution < 1.29 is 8.42 Å². The Morgan fingerprint density at radius 2 is 2.12 bits per heavy atom. The minimum Gasteiger partial charge on any atom is -0.256 e. The van der Waals surface area contributed by atoms with Crippen LogP contribution in [0.4, 0.5) is 0 Å². The van der Waals surface area contributed by atoms with Gasteiger partial charge in [-0.25, -0.2) is 8.42 Å². The molecule has 0 aliphatic heterocycles. The maximum absolute atomic E-state index is 12.1. The number of unbranched alkanes of at least 4 members (excludes halogenated alkanes) is 2. The molecule has 17 heavy (non-hydrogen) atoms. The number of hydrogen-bond donors (Lipinski definition) is 0. The summed E-state index contributed by atoms with van der Waals surface area (Å²) in [5.74, 6) is 0.623. The summed E-state index contributed by atoms with van der Waals surface area (Å²) in [5, 5.41) is 4.09. The van der Waals surface area contributed by atoms with Crippen molar-refractivity contribution in [1.29, 1.82) is 0 Å². The normalized spacial score (nSPS) is 12.2. The highest BCUT2D eigenvalue weighted by atomic mass is 35.5. The van der Waals surface area contributed by atoms with Gasteiger partial charge in [-0.15, -0.1) is 11.6 Å². The zero-order valence-electron chi connectivity index (χ0n) is 10.1. The van der Waals surface area contributed by atoms with Crippen LogP contribution in [0.3, 0.4) is 0 Å². The SMILES string of the molecule is CN(CCCCCCl)S(=O)(=O)c1ccnn1C. The Kier molecular flexibility index (Phi) is 5.42. The molecule has 0 radical (unpaired) electrons. The highest BCUT2D eigenvalue weighted by Gasteiger charge is 2.23. The van der Waals surface area contributed by atoms with Gasteiger partial charge in [-0.3, -0.25) is 4.68 Å². The highest BCUT2D eigenvalue weighted by Crippen LogP contribution is 2.13. The molecule has 0 saturated heterocycles. The van der Waals surface area contributed by atoms with E-state index in [1.165, 1.54) is 21.3 Å². The Hall–Kier alpha value is -0.590. The van der Waals surface area contributed by atoms with E-state index in [0.29, 0.717) is 12.4 Å². The van der Waals surface area contributed by atoms with Crippen LogP contribution in [0.1, 0.15) is 19.3 Å². The summed E-state index contributed by atoms with van der Waals surface area (Å²) in [6.45, 7) is 0.504. The van der Waals surface area contributed by atoms with Gasteiger partial charge in [-0.2, -0.15) is 9.40 Å². The second kappa shape index (κ2) is 6.37. The first-order valence-corrected chi connectivity index (χ1v) is 7.48. The summed E-state index contributed by atoms with van der Waals surface area (Å²) in [6.07, 6.45) is 4.16. The van der Waals surface area contributed by atoms with Gasteiger partial charge in [0.2, 0.25) is 0 Å². The molecule has 0 N–H and O–H groups in total. The fourth-order valence-corrected chi connectivity index (χ4v) is 2.99. The summed E-state index contributed by atoms with van der Waals surface area (Å²) < 4.78 is 27.0. The van der Waals surface area contributed by atoms with Crippen molar-refractivity contribution in [3.8, 4) is 0 Å². The molecule has 7 heteroatoms. The van der Waals surface area contributed by atoms with Crippen molar-refractivity contribution in [1.82, 2.24) is 14.1 Å². The first-order valence-electron chi connectivity index (χ1n) is 5.50. The number of hydrogen-bond acceptors (Lipinski definition) is 3. The molecule has 0 spiro atoms. The molecule has 0 aromatic carbocycles. The predicted octanol–water partition coefficient (Wildman–Crippen LogP) is 1.45. The first-order chi connectivity index (χ1) is 8.00. The zero-order chi connectivity index (χ0) is 12.9. The molecule has 1 aromatic rings. The van der Waals surface area contributed by atoms with Gasteiger partial charge in [-0.1, -0.05) is 6.42 Å². The quantitative estimate of drug-likeness (QED) is 0.561. The van der Waals surface area contributed by atoms with Crippen molar-refractivity contribution in [2.45, 2.75) is 24.3 Å². The fraction of sp³-hybridized carbons (Fsp3) is 0.700. The first kappa shape index (κ1) is 14.5. The summed E-state index contributed by atoms with van der Waals surface area (Å²) in [6, 6.07) is 1.50. The summed E-state index contributed by atoms with van der Waals surface area (Å²) in [5.41, 5.74) is 0. The minimum absolute atomic E-state index is 0.220. The van der Waals surface area contributed by atoms with E-state index in [4.69, 9.17) is 11.6 Å². The highest BCUT2D eigenvalue weighted by molar-refractivity contribution is 7.89. The molecule has 0 bridgehead atoms. The number of aryl methyl sites for hydroxylation is 1. The maximum atomic E-state index is 12.1. The molecular weight excluding hydrogens is 262 g/mol. The predicted molar refractivity (Wildman–Crippen MR) is 67.6 cm³/mol. The van der Waals surface area contributed by atoms with E-state index in [0.717, 1.165) is 19.3 Å². The molecule has 0 aliphatic rings. The molecule has 1 heterocycles. The van der Waals surface area contributed by atoms with E-state index >= 15 is 0 Å². The molecule has 0 saturated carbocycles. The van der Waals surface area contributed by atoms with Crippen molar-refractivity contribution >= 4 is 21.6 Å². The number of sulfonamides is 1. The molecule has 0 amide bonds. The van der Waals surface area contributed by atoms with E-state index in [1.54, 1.807) is 14.1 Å². The number of halogens is 1. The van der Waals surface area contributed by atoms with Crippen LogP contribution in [-0.2, 0) is 17.1 Å². The monoisotopic (exact) mass is 279 g/mol. The van der Waals surface area contributed by atoms with Crippen LogP contribution < -0.4 is 0 Å². The lowest BCUT2D eigenvalue weighted by molar-refractivity contribution is 0.447. The van der Waals surface area contributed by atoms with Crippen molar-refractivity contribution in [3.63, 3.8) is 0 Å². The standard InChI is InChI=1S/C10H18ClN3O2S/c1-13(9-5-3-4-7-11)17(15,16)10-6-8-12-14(10)2/h6,8H,3-5,7,9H2,1-2H3. The van der Waals surface area contributed by atoms with Crippen LogP contribution in [0, 0.1) is 0 Å². The van der Waals surface area contributed by atoms with Crippen LogP contribution in [0.15, 0.2) is 17.3 Å². The lowest BCUT2D eigenvalue weighted by Crippen LogP contribution is -2.29. The van der Waals surface area contributed by atoms with Crippen LogP contribution in [0.5, 0.6) is 0 Å². The minimum atomic E-state index is -3.41. The Labute approximate surface area is 107 Å². The smallest absolute Gasteiger partial charge is 0.256 e. The van der Waals surface area contributed by atoms with Gasteiger partial charge in [0.25, 0.3) is 10.0 Å². The van der Waals surface area contributed by atoms with Gasteiger partial charge in [0.15, 0.2) is 5.03 Å². The lowest BCUT2D eigenvalue weighted by Gasteiger charge is -2.16. The molecule has 1 aromatic heterocycles. The summed E-state index contributed by atoms with van der Waals surface area (Å²) in [7, 11) is -0.207. The molecule has 98 valence electrons. The van der Waals surface area contributed by atoms with Gasteiger partial charge in [0.1, 0.15) is 0 Å². The van der Waals surface area contributed by atoms with Gasteiger partial charge in [0.05, 0.1) is 6.20 Å². The molecule has 0 unspecified atom stereocenters. The average Bonchev–Trinajstić information content (AvgIpc) is 2.71. The second-order valence-electron chi connectivity index (χ2n) is 3.87. The van der Waals surface area contributed by atoms with Crippen molar-refractivity contribution in [2.75, 3.05) is 19.5 Å². The molecule has 0 aliphatic carbocycles. The Morgan fingerprint density at radius 3 is 2.65 bits per heavy atom. The maximum Gasteiger partial charge on any atom is 0.259 e. The van der Waals surface area contributed by atoms with E-state index in [1.807, 2.05) is 0 Å². The van der Waals surface area contributed by atoms with Gasteiger partial charge in [-0.05, 0) is 18.9 Å². The largest absolute Gasteiger partial charge is 0.259 e. The molecule has 0 atom stereocenters. The van der Waals surface area contributed by atoms with Gasteiger partial charge < -0.3 is 0 Å². The molecule has 5 nitrogen and oxygen atoms in total. The van der Waals surface area contributed by atoms with E-state index in [-0.39, 0.29) is 5.03 Å². The fourth-order valence-electron chi connectivity index (χ4n) is 1.50. The molecule has 0 fully saturated rings. The Morgan fingerprint density at radius 1 is 1.41 bits per heavy atom. The summed E-state index contributed by atoms with van der Waals surface area (Å²) in [4.78, 5) is 0. The van der Waals surface area contributed by atoms with Gasteiger partial charge in [0, 0.05) is 26.5 Å². The number of alkyl halides is 1. The van der Waals surface area contributed by atoms with E-state index < -0.39 is 10.0 Å². The zero-order valence-corrected chi connectivity index (χ0v) is 11.7. The van der Waals surface area contributed by atoms with Crippen LogP contribution in [0.25, 0.3) is 0 Å². The number of rotatable bonds is 7. The number of aromatic nitrogens is 2. The lowest BCUT2D eigenvalue weighted by atomic mass is 10.2. The van der Waals surface area contributed by atoms with Crippen LogP contribution >= 0.6 is 11.6 Å². The third-order valence-corrected chi connectivity index (χ3v) is 4.76. The average molecular weight is 280 g/mol. The van der Waals surface area contributed by atoms with Crippen molar-refractivity contribution in [2.24, 2.45) is 7.05 Å².